The highest BCUT2D eigenvalue weighted by atomic mass is 16.3. The molecule has 0 spiro atoms. The number of aliphatic hydroxyl groups is 2. The van der Waals surface area contributed by atoms with Crippen molar-refractivity contribution in [2.45, 2.75) is 0 Å². The Bertz CT molecular complexity index is 588. The number of rotatable bonds is 5. The van der Waals surface area contributed by atoms with Crippen molar-refractivity contribution in [3.63, 3.8) is 0 Å². The van der Waals surface area contributed by atoms with E-state index in [9.17, 15) is 4.79 Å². The summed E-state index contributed by atoms with van der Waals surface area (Å²) in [5.41, 5.74) is 1.74. The largest absolute Gasteiger partial charge is 0.395 e. The number of aliphatic hydroxyl groups excluding tert-OH is 2. The van der Waals surface area contributed by atoms with Gasteiger partial charge in [-0.05, 0) is 6.07 Å². The summed E-state index contributed by atoms with van der Waals surface area (Å²) in [7, 11) is 1.91. The number of aryl methyl sites for hydroxylation is 1. The number of hydrogen-bond acceptors (Lipinski definition) is 3. The van der Waals surface area contributed by atoms with Crippen molar-refractivity contribution in [2.75, 3.05) is 31.6 Å². The Morgan fingerprint density at radius 1 is 1.25 bits per heavy atom. The molecule has 1 aromatic carbocycles. The van der Waals surface area contributed by atoms with Gasteiger partial charge in [-0.25, -0.2) is 4.79 Å². The average molecular weight is 277 g/mol. The van der Waals surface area contributed by atoms with Crippen molar-refractivity contribution in [3.8, 4) is 0 Å². The molecule has 6 nitrogen and oxygen atoms in total. The lowest BCUT2D eigenvalue weighted by molar-refractivity contribution is 0.168. The topological polar surface area (TPSA) is 77.7 Å². The fraction of sp³-hybridized carbons (Fsp3) is 0.357. The number of carbonyl (C=O) groups excluding carboxylic acids is 1. The highest BCUT2D eigenvalue weighted by Crippen LogP contribution is 2.25. The monoisotopic (exact) mass is 277 g/mol. The molecule has 2 amide bonds. The molecular weight excluding hydrogens is 258 g/mol. The zero-order valence-electron chi connectivity index (χ0n) is 11.4. The second kappa shape index (κ2) is 6.40. The number of hydrogen-bond donors (Lipinski definition) is 3. The molecule has 0 saturated heterocycles. The maximum absolute atomic E-state index is 12.1. The molecule has 2 aromatic rings. The molecular formula is C14H19N3O3. The number of para-hydroxylation sites is 1. The van der Waals surface area contributed by atoms with E-state index in [1.54, 1.807) is 0 Å². The summed E-state index contributed by atoms with van der Waals surface area (Å²) in [5.74, 6) is 0. The number of aromatic nitrogens is 1. The Labute approximate surface area is 117 Å². The van der Waals surface area contributed by atoms with Crippen molar-refractivity contribution in [2.24, 2.45) is 7.05 Å². The van der Waals surface area contributed by atoms with Gasteiger partial charge in [0.2, 0.25) is 0 Å². The lowest BCUT2D eigenvalue weighted by Gasteiger charge is -2.20. The fourth-order valence-electron chi connectivity index (χ4n) is 2.19. The van der Waals surface area contributed by atoms with Crippen LogP contribution in [0.3, 0.4) is 0 Å². The van der Waals surface area contributed by atoms with Gasteiger partial charge in [0.1, 0.15) is 0 Å². The van der Waals surface area contributed by atoms with Crippen LogP contribution in [0.2, 0.25) is 0 Å². The predicted molar refractivity (Wildman–Crippen MR) is 77.7 cm³/mol. The van der Waals surface area contributed by atoms with Crippen LogP contribution in [-0.4, -0.2) is 52.0 Å². The summed E-state index contributed by atoms with van der Waals surface area (Å²) >= 11 is 0. The Hall–Kier alpha value is -2.05. The van der Waals surface area contributed by atoms with Crippen LogP contribution in [0.15, 0.2) is 30.5 Å². The summed E-state index contributed by atoms with van der Waals surface area (Å²) in [6, 6.07) is 7.44. The summed E-state index contributed by atoms with van der Waals surface area (Å²) in [4.78, 5) is 13.5. The zero-order chi connectivity index (χ0) is 14.5. The normalized spacial score (nSPS) is 10.8. The summed E-state index contributed by atoms with van der Waals surface area (Å²) < 4.78 is 1.94. The second-order valence-electron chi connectivity index (χ2n) is 4.54. The predicted octanol–water partition coefficient (Wildman–Crippen LogP) is 0.997. The van der Waals surface area contributed by atoms with Crippen LogP contribution < -0.4 is 5.32 Å². The van der Waals surface area contributed by atoms with Crippen molar-refractivity contribution < 1.29 is 15.0 Å². The number of nitrogens with one attached hydrogen (secondary N) is 1. The number of benzene rings is 1. The lowest BCUT2D eigenvalue weighted by atomic mass is 10.2. The summed E-state index contributed by atoms with van der Waals surface area (Å²) in [6.07, 6.45) is 1.85. The van der Waals surface area contributed by atoms with Gasteiger partial charge < -0.3 is 25.0 Å². The van der Waals surface area contributed by atoms with Crippen molar-refractivity contribution in [3.05, 3.63) is 30.5 Å². The molecule has 0 fully saturated rings. The number of amides is 2. The van der Waals surface area contributed by atoms with E-state index in [1.807, 2.05) is 42.1 Å². The highest BCUT2D eigenvalue weighted by molar-refractivity contribution is 6.01. The SMILES string of the molecule is Cn1cc(NC(=O)N(CCO)CCO)c2ccccc21. The first-order valence-electron chi connectivity index (χ1n) is 6.49. The molecule has 0 saturated carbocycles. The lowest BCUT2D eigenvalue weighted by Crippen LogP contribution is -2.38. The Morgan fingerprint density at radius 3 is 2.55 bits per heavy atom. The van der Waals surface area contributed by atoms with E-state index in [0.29, 0.717) is 5.69 Å². The van der Waals surface area contributed by atoms with E-state index in [-0.39, 0.29) is 32.3 Å². The quantitative estimate of drug-likeness (QED) is 0.763. The molecule has 0 aliphatic rings. The molecule has 3 N–H and O–H groups in total. The number of urea groups is 1. The van der Waals surface area contributed by atoms with E-state index in [0.717, 1.165) is 10.9 Å². The van der Waals surface area contributed by atoms with Crippen LogP contribution in [0, 0.1) is 0 Å². The molecule has 108 valence electrons. The zero-order valence-corrected chi connectivity index (χ0v) is 11.4. The Morgan fingerprint density at radius 2 is 1.90 bits per heavy atom. The van der Waals surface area contributed by atoms with Crippen LogP contribution in [-0.2, 0) is 7.05 Å². The van der Waals surface area contributed by atoms with E-state index < -0.39 is 0 Å². The first kappa shape index (κ1) is 14.4. The molecule has 1 aromatic heterocycles. The molecule has 6 heteroatoms. The molecule has 0 unspecified atom stereocenters. The van der Waals surface area contributed by atoms with Gasteiger partial charge in [0, 0.05) is 37.2 Å². The van der Waals surface area contributed by atoms with Crippen LogP contribution in [0.1, 0.15) is 0 Å². The second-order valence-corrected chi connectivity index (χ2v) is 4.54. The van der Waals surface area contributed by atoms with E-state index in [2.05, 4.69) is 5.32 Å². The smallest absolute Gasteiger partial charge is 0.322 e. The van der Waals surface area contributed by atoms with Crippen LogP contribution >= 0.6 is 0 Å². The van der Waals surface area contributed by atoms with Crippen molar-refractivity contribution in [1.82, 2.24) is 9.47 Å². The van der Waals surface area contributed by atoms with Crippen LogP contribution in [0.25, 0.3) is 10.9 Å². The third kappa shape index (κ3) is 2.92. The maximum Gasteiger partial charge on any atom is 0.322 e. The minimum absolute atomic E-state index is 0.136. The standard InChI is InChI=1S/C14H19N3O3/c1-16-10-12(11-4-2-3-5-13(11)16)15-14(20)17(6-8-18)7-9-19/h2-5,10,18-19H,6-9H2,1H3,(H,15,20). The van der Waals surface area contributed by atoms with Crippen molar-refractivity contribution in [1.29, 1.82) is 0 Å². The molecule has 0 aliphatic carbocycles. The Kier molecular flexibility index (Phi) is 4.60. The van der Waals surface area contributed by atoms with Gasteiger partial charge in [-0.15, -0.1) is 0 Å². The molecule has 0 aliphatic heterocycles. The summed E-state index contributed by atoms with van der Waals surface area (Å²) in [5, 5.41) is 21.7. The molecule has 1 heterocycles. The third-order valence-electron chi connectivity index (χ3n) is 3.17. The first-order valence-corrected chi connectivity index (χ1v) is 6.49. The minimum Gasteiger partial charge on any atom is -0.395 e. The molecule has 2 rings (SSSR count). The van der Waals surface area contributed by atoms with Gasteiger partial charge in [-0.2, -0.15) is 0 Å². The van der Waals surface area contributed by atoms with Gasteiger partial charge in [0.05, 0.1) is 18.9 Å². The van der Waals surface area contributed by atoms with Gasteiger partial charge in [0.25, 0.3) is 0 Å². The van der Waals surface area contributed by atoms with Gasteiger partial charge in [0.15, 0.2) is 0 Å². The molecule has 0 bridgehead atoms. The van der Waals surface area contributed by atoms with E-state index >= 15 is 0 Å². The van der Waals surface area contributed by atoms with Crippen molar-refractivity contribution >= 4 is 22.6 Å². The third-order valence-corrected chi connectivity index (χ3v) is 3.17. The van der Waals surface area contributed by atoms with Gasteiger partial charge in [-0.3, -0.25) is 0 Å². The Balaban J connectivity index is 2.20. The van der Waals surface area contributed by atoms with Gasteiger partial charge >= 0.3 is 6.03 Å². The van der Waals surface area contributed by atoms with E-state index in [1.165, 1.54) is 4.90 Å². The number of carbonyl (C=O) groups is 1. The fourth-order valence-corrected chi connectivity index (χ4v) is 2.19. The average Bonchev–Trinajstić information content (AvgIpc) is 2.76. The highest BCUT2D eigenvalue weighted by Gasteiger charge is 2.15. The van der Waals surface area contributed by atoms with Crippen LogP contribution in [0.4, 0.5) is 10.5 Å². The number of nitrogens with zero attached hydrogens (tertiary/aromatic N) is 2. The molecule has 0 atom stereocenters. The molecule has 20 heavy (non-hydrogen) atoms. The van der Waals surface area contributed by atoms with Crippen LogP contribution in [0.5, 0.6) is 0 Å². The molecule has 0 radical (unpaired) electrons. The number of anilines is 1. The maximum atomic E-state index is 12.1. The first-order chi connectivity index (χ1) is 9.67. The van der Waals surface area contributed by atoms with Gasteiger partial charge in [-0.1, -0.05) is 18.2 Å². The summed E-state index contributed by atoms with van der Waals surface area (Å²) in [6.45, 7) is 0.111. The van der Waals surface area contributed by atoms with E-state index in [4.69, 9.17) is 10.2 Å². The number of fused-ring (bicyclic) bond motifs is 1. The minimum atomic E-state index is -0.329.